The molecule has 0 aliphatic rings. The number of hydrogen-bond donors (Lipinski definition) is 0. The van der Waals surface area contributed by atoms with E-state index in [1.807, 2.05) is 48.0 Å². The maximum Gasteiger partial charge on any atom is 0.258 e. The van der Waals surface area contributed by atoms with E-state index in [9.17, 15) is 0 Å². The molecule has 0 aliphatic carbocycles. The monoisotopic (exact) mass is 353 g/mol. The molecule has 25 heavy (non-hydrogen) atoms. The molecule has 4 aromatic rings. The highest BCUT2D eigenvalue weighted by molar-refractivity contribution is 7.98. The predicted octanol–water partition coefficient (Wildman–Crippen LogP) is 3.32. The minimum Gasteiger partial charge on any atom is -0.497 e. The maximum atomic E-state index is 5.36. The lowest BCUT2D eigenvalue weighted by atomic mass is 10.2. The Morgan fingerprint density at radius 2 is 2.12 bits per heavy atom. The number of aromatic nitrogens is 5. The highest BCUT2D eigenvalue weighted by atomic mass is 32.2. The molecule has 3 aromatic heterocycles. The number of thioether (sulfide) groups is 1. The first kappa shape index (κ1) is 15.6. The van der Waals surface area contributed by atoms with Crippen molar-refractivity contribution in [2.75, 3.05) is 7.11 Å². The summed E-state index contributed by atoms with van der Waals surface area (Å²) >= 11 is 1.54. The van der Waals surface area contributed by atoms with Gasteiger partial charge in [-0.05, 0) is 30.3 Å². The molecule has 0 N–H and O–H groups in total. The van der Waals surface area contributed by atoms with E-state index >= 15 is 0 Å². The summed E-state index contributed by atoms with van der Waals surface area (Å²) in [6.07, 6.45) is 1.74. The van der Waals surface area contributed by atoms with Crippen molar-refractivity contribution in [2.24, 2.45) is 7.05 Å². The van der Waals surface area contributed by atoms with Crippen molar-refractivity contribution in [3.05, 3.63) is 48.4 Å². The van der Waals surface area contributed by atoms with Crippen LogP contribution in [0.3, 0.4) is 0 Å². The van der Waals surface area contributed by atoms with Gasteiger partial charge in [0, 0.05) is 18.8 Å². The van der Waals surface area contributed by atoms with Gasteiger partial charge in [0.25, 0.3) is 5.89 Å². The molecule has 3 heterocycles. The van der Waals surface area contributed by atoms with Crippen molar-refractivity contribution in [1.82, 2.24) is 24.7 Å². The number of ether oxygens (including phenoxy) is 1. The second kappa shape index (κ2) is 6.56. The van der Waals surface area contributed by atoms with E-state index in [0.29, 0.717) is 17.5 Å². The molecule has 0 spiro atoms. The van der Waals surface area contributed by atoms with Crippen LogP contribution in [0.15, 0.2) is 52.3 Å². The Bertz CT molecular complexity index is 1030. The Labute approximate surface area is 148 Å². The fourth-order valence-corrected chi connectivity index (χ4v) is 3.27. The Balaban J connectivity index is 1.52. The number of rotatable bonds is 5. The van der Waals surface area contributed by atoms with Gasteiger partial charge in [0.05, 0.1) is 18.4 Å². The zero-order chi connectivity index (χ0) is 17.2. The van der Waals surface area contributed by atoms with Crippen LogP contribution < -0.4 is 4.74 Å². The molecule has 0 atom stereocenters. The average Bonchev–Trinajstić information content (AvgIpc) is 3.25. The van der Waals surface area contributed by atoms with Gasteiger partial charge in [-0.15, -0.1) is 0 Å². The van der Waals surface area contributed by atoms with Crippen molar-refractivity contribution in [3.63, 3.8) is 0 Å². The minimum atomic E-state index is 0.473. The summed E-state index contributed by atoms with van der Waals surface area (Å²) in [6, 6.07) is 11.4. The van der Waals surface area contributed by atoms with Crippen LogP contribution in [0, 0.1) is 0 Å². The van der Waals surface area contributed by atoms with Crippen molar-refractivity contribution in [1.29, 1.82) is 0 Å². The van der Waals surface area contributed by atoms with Gasteiger partial charge >= 0.3 is 0 Å². The van der Waals surface area contributed by atoms with Crippen LogP contribution in [-0.2, 0) is 12.8 Å². The zero-order valence-electron chi connectivity index (χ0n) is 13.7. The number of nitrogens with zero attached hydrogens (tertiary/aromatic N) is 5. The summed E-state index contributed by atoms with van der Waals surface area (Å²) in [5.41, 5.74) is 2.56. The normalized spacial score (nSPS) is 11.1. The number of hydrogen-bond acceptors (Lipinski definition) is 7. The molecule has 126 valence electrons. The van der Waals surface area contributed by atoms with Gasteiger partial charge in [-0.3, -0.25) is 0 Å². The fraction of sp³-hybridized carbons (Fsp3) is 0.176. The number of aryl methyl sites for hydroxylation is 1. The maximum absolute atomic E-state index is 5.36. The van der Waals surface area contributed by atoms with E-state index in [2.05, 4.69) is 20.1 Å². The molecule has 4 rings (SSSR count). The molecular weight excluding hydrogens is 338 g/mol. The molecule has 1 aromatic carbocycles. The lowest BCUT2D eigenvalue weighted by Crippen LogP contribution is -1.92. The van der Waals surface area contributed by atoms with Crippen molar-refractivity contribution in [3.8, 4) is 17.2 Å². The number of benzene rings is 1. The fourth-order valence-electron chi connectivity index (χ4n) is 2.45. The molecule has 0 amide bonds. The van der Waals surface area contributed by atoms with E-state index in [-0.39, 0.29) is 0 Å². The van der Waals surface area contributed by atoms with Crippen LogP contribution in [0.25, 0.3) is 22.6 Å². The standard InChI is InChI=1S/C17H15N5O2S/c1-22-13-7-4-8-18-15(13)20-17(22)25-10-14-19-16(24-21-14)11-5-3-6-12(9-11)23-2/h3-9H,10H2,1-2H3. The zero-order valence-corrected chi connectivity index (χ0v) is 14.5. The Hall–Kier alpha value is -2.87. The molecule has 0 saturated carbocycles. The van der Waals surface area contributed by atoms with E-state index in [1.165, 1.54) is 0 Å². The highest BCUT2D eigenvalue weighted by Gasteiger charge is 2.13. The van der Waals surface area contributed by atoms with Gasteiger partial charge in [-0.2, -0.15) is 4.98 Å². The van der Waals surface area contributed by atoms with Crippen molar-refractivity contribution in [2.45, 2.75) is 10.9 Å². The Morgan fingerprint density at radius 3 is 2.96 bits per heavy atom. The second-order valence-electron chi connectivity index (χ2n) is 5.34. The molecule has 0 unspecified atom stereocenters. The molecule has 0 bridgehead atoms. The summed E-state index contributed by atoms with van der Waals surface area (Å²) in [6.45, 7) is 0. The summed E-state index contributed by atoms with van der Waals surface area (Å²) in [5, 5.41) is 4.91. The Morgan fingerprint density at radius 1 is 1.20 bits per heavy atom. The lowest BCUT2D eigenvalue weighted by Gasteiger charge is -2.00. The first-order valence-electron chi connectivity index (χ1n) is 7.62. The summed E-state index contributed by atoms with van der Waals surface area (Å²) in [7, 11) is 3.60. The number of fused-ring (bicyclic) bond motifs is 1. The molecule has 0 saturated heterocycles. The van der Waals surface area contributed by atoms with Crippen LogP contribution in [0.2, 0.25) is 0 Å². The SMILES string of the molecule is COc1cccc(-c2nc(CSc3nc4ncccc4n3C)no2)c1. The lowest BCUT2D eigenvalue weighted by molar-refractivity contribution is 0.412. The van der Waals surface area contributed by atoms with Gasteiger partial charge in [0.1, 0.15) is 5.75 Å². The smallest absolute Gasteiger partial charge is 0.258 e. The number of imidazole rings is 1. The first-order chi connectivity index (χ1) is 12.2. The van der Waals surface area contributed by atoms with Crippen LogP contribution in [-0.4, -0.2) is 31.8 Å². The van der Waals surface area contributed by atoms with Gasteiger partial charge < -0.3 is 13.8 Å². The van der Waals surface area contributed by atoms with Gasteiger partial charge in [-0.1, -0.05) is 23.0 Å². The average molecular weight is 353 g/mol. The van der Waals surface area contributed by atoms with Crippen LogP contribution in [0.4, 0.5) is 0 Å². The molecule has 0 fully saturated rings. The van der Waals surface area contributed by atoms with Crippen molar-refractivity contribution < 1.29 is 9.26 Å². The van der Waals surface area contributed by atoms with Gasteiger partial charge in [0.2, 0.25) is 0 Å². The van der Waals surface area contributed by atoms with Gasteiger partial charge in [-0.25, -0.2) is 9.97 Å². The third-order valence-corrected chi connectivity index (χ3v) is 4.76. The second-order valence-corrected chi connectivity index (χ2v) is 6.28. The largest absolute Gasteiger partial charge is 0.497 e. The van der Waals surface area contributed by atoms with E-state index in [1.54, 1.807) is 25.1 Å². The molecule has 7 nitrogen and oxygen atoms in total. The third-order valence-electron chi connectivity index (χ3n) is 3.73. The van der Waals surface area contributed by atoms with E-state index in [4.69, 9.17) is 9.26 Å². The highest BCUT2D eigenvalue weighted by Crippen LogP contribution is 2.26. The summed E-state index contributed by atoms with van der Waals surface area (Å²) in [4.78, 5) is 13.2. The minimum absolute atomic E-state index is 0.473. The van der Waals surface area contributed by atoms with Crippen LogP contribution in [0.5, 0.6) is 5.75 Å². The first-order valence-corrected chi connectivity index (χ1v) is 8.60. The summed E-state index contributed by atoms with van der Waals surface area (Å²) in [5.74, 6) is 2.40. The summed E-state index contributed by atoms with van der Waals surface area (Å²) < 4.78 is 12.6. The quantitative estimate of drug-likeness (QED) is 0.509. The third kappa shape index (κ3) is 3.08. The molecule has 8 heteroatoms. The van der Waals surface area contributed by atoms with E-state index < -0.39 is 0 Å². The van der Waals surface area contributed by atoms with E-state index in [0.717, 1.165) is 27.6 Å². The number of pyridine rings is 1. The van der Waals surface area contributed by atoms with Crippen molar-refractivity contribution >= 4 is 22.9 Å². The molecule has 0 aliphatic heterocycles. The predicted molar refractivity (Wildman–Crippen MR) is 94.4 cm³/mol. The molecular formula is C17H15N5O2S. The van der Waals surface area contributed by atoms with Crippen LogP contribution >= 0.6 is 11.8 Å². The number of methoxy groups -OCH3 is 1. The Kier molecular flexibility index (Phi) is 4.10. The van der Waals surface area contributed by atoms with Crippen LogP contribution in [0.1, 0.15) is 5.82 Å². The topological polar surface area (TPSA) is 78.9 Å². The molecule has 0 radical (unpaired) electrons. The van der Waals surface area contributed by atoms with Gasteiger partial charge in [0.15, 0.2) is 16.6 Å².